The molecule has 0 spiro atoms. The van der Waals surface area contributed by atoms with Crippen LogP contribution in [-0.2, 0) is 0 Å². The molecule has 2 aliphatic heterocycles. The van der Waals surface area contributed by atoms with Gasteiger partial charge in [0.05, 0.1) is 6.54 Å². The van der Waals surface area contributed by atoms with E-state index in [1.54, 1.807) is 0 Å². The van der Waals surface area contributed by atoms with Gasteiger partial charge < -0.3 is 5.43 Å². The molecule has 0 unspecified atom stereocenters. The maximum absolute atomic E-state index is 3.40. The summed E-state index contributed by atoms with van der Waals surface area (Å²) in [7, 11) is 0. The van der Waals surface area contributed by atoms with Crippen molar-refractivity contribution in [1.82, 2.24) is 20.9 Å². The number of hydrogen-bond acceptors (Lipinski definition) is 4. The van der Waals surface area contributed by atoms with Gasteiger partial charge in [-0.05, 0) is 25.0 Å². The van der Waals surface area contributed by atoms with Crippen molar-refractivity contribution in [3.63, 3.8) is 0 Å². The lowest BCUT2D eigenvalue weighted by Crippen LogP contribution is -2.47. The summed E-state index contributed by atoms with van der Waals surface area (Å²) in [5.41, 5.74) is 6.57. The Morgan fingerprint density at radius 3 is 2.86 bits per heavy atom. The Morgan fingerprint density at radius 1 is 1.14 bits per heavy atom. The summed E-state index contributed by atoms with van der Waals surface area (Å²) in [6, 6.07) is 0. The first kappa shape index (κ1) is 9.55. The minimum atomic E-state index is 1.01. The van der Waals surface area contributed by atoms with Gasteiger partial charge in [-0.25, -0.2) is 5.01 Å². The van der Waals surface area contributed by atoms with Crippen molar-refractivity contribution in [2.75, 3.05) is 26.2 Å². The molecule has 2 heterocycles. The minimum Gasteiger partial charge on any atom is -0.306 e. The third-order valence-corrected chi connectivity index (χ3v) is 2.51. The second-order valence-corrected chi connectivity index (χ2v) is 3.63. The summed E-state index contributed by atoms with van der Waals surface area (Å²) in [5, 5.41) is 4.40. The van der Waals surface area contributed by atoms with E-state index >= 15 is 0 Å². The van der Waals surface area contributed by atoms with Gasteiger partial charge in [0.25, 0.3) is 0 Å². The molecule has 0 bridgehead atoms. The summed E-state index contributed by atoms with van der Waals surface area (Å²) >= 11 is 0. The van der Waals surface area contributed by atoms with Crippen molar-refractivity contribution < 1.29 is 0 Å². The Hall–Kier alpha value is -1.00. The lowest BCUT2D eigenvalue weighted by molar-refractivity contribution is 0.132. The van der Waals surface area contributed by atoms with E-state index in [-0.39, 0.29) is 0 Å². The van der Waals surface area contributed by atoms with Crippen LogP contribution in [0.5, 0.6) is 0 Å². The van der Waals surface area contributed by atoms with Gasteiger partial charge in [-0.3, -0.25) is 10.4 Å². The molecule has 1 fully saturated rings. The standard InChI is InChI=1S/C10H18N4/c1-3-7-13(11-5-1)9-10-14-8-4-2-6-12-14/h1,3,5,7,11-12H,2,4,6,8-10H2. The fourth-order valence-corrected chi connectivity index (χ4v) is 1.69. The van der Waals surface area contributed by atoms with Gasteiger partial charge in [-0.15, -0.1) is 0 Å². The number of nitrogens with zero attached hydrogens (tertiary/aromatic N) is 2. The van der Waals surface area contributed by atoms with Crippen LogP contribution in [0.2, 0.25) is 0 Å². The Labute approximate surface area is 85.2 Å². The molecule has 78 valence electrons. The second kappa shape index (κ2) is 5.02. The Balaban J connectivity index is 1.66. The Morgan fingerprint density at radius 2 is 2.14 bits per heavy atom. The van der Waals surface area contributed by atoms with E-state index < -0.39 is 0 Å². The fourth-order valence-electron chi connectivity index (χ4n) is 1.69. The quantitative estimate of drug-likeness (QED) is 0.682. The summed E-state index contributed by atoms with van der Waals surface area (Å²) < 4.78 is 0. The lowest BCUT2D eigenvalue weighted by Gasteiger charge is -2.30. The molecule has 0 aromatic carbocycles. The van der Waals surface area contributed by atoms with E-state index in [9.17, 15) is 0 Å². The van der Waals surface area contributed by atoms with E-state index in [0.717, 1.165) is 19.6 Å². The predicted molar refractivity (Wildman–Crippen MR) is 56.9 cm³/mol. The van der Waals surface area contributed by atoms with Crippen molar-refractivity contribution in [2.45, 2.75) is 12.8 Å². The van der Waals surface area contributed by atoms with Gasteiger partial charge in [0.2, 0.25) is 0 Å². The first-order chi connectivity index (χ1) is 6.95. The zero-order chi connectivity index (χ0) is 9.64. The number of allylic oxidation sites excluding steroid dienone is 2. The molecule has 0 atom stereocenters. The van der Waals surface area contributed by atoms with Gasteiger partial charge in [-0.1, -0.05) is 0 Å². The molecule has 1 saturated heterocycles. The summed E-state index contributed by atoms with van der Waals surface area (Å²) in [6.07, 6.45) is 10.7. The molecule has 0 aromatic heterocycles. The SMILES string of the molecule is C1=CNN(CCN2CCCCN2)C=C1. The van der Waals surface area contributed by atoms with Crippen LogP contribution in [0.15, 0.2) is 24.6 Å². The summed E-state index contributed by atoms with van der Waals surface area (Å²) in [4.78, 5) is 0. The maximum Gasteiger partial charge on any atom is 0.0528 e. The average molecular weight is 194 g/mol. The van der Waals surface area contributed by atoms with Gasteiger partial charge in [0, 0.05) is 32.0 Å². The molecule has 0 radical (unpaired) electrons. The number of hydrazine groups is 2. The molecule has 2 N–H and O–H groups in total. The maximum atomic E-state index is 3.40. The summed E-state index contributed by atoms with van der Waals surface area (Å²) in [6.45, 7) is 4.37. The number of nitrogens with one attached hydrogen (secondary N) is 2. The van der Waals surface area contributed by atoms with Crippen LogP contribution in [0.3, 0.4) is 0 Å². The van der Waals surface area contributed by atoms with Crippen LogP contribution in [0, 0.1) is 0 Å². The van der Waals surface area contributed by atoms with E-state index in [0.29, 0.717) is 0 Å². The van der Waals surface area contributed by atoms with Crippen molar-refractivity contribution >= 4 is 0 Å². The molecular formula is C10H18N4. The van der Waals surface area contributed by atoms with Crippen molar-refractivity contribution in [1.29, 1.82) is 0 Å². The van der Waals surface area contributed by atoms with Crippen molar-refractivity contribution in [3.8, 4) is 0 Å². The molecular weight excluding hydrogens is 176 g/mol. The van der Waals surface area contributed by atoms with Gasteiger partial charge in [0.1, 0.15) is 0 Å². The molecule has 2 rings (SSSR count). The number of hydrogen-bond donors (Lipinski definition) is 2. The predicted octanol–water partition coefficient (Wildman–Crippen LogP) is 0.434. The molecule has 0 aliphatic carbocycles. The molecule has 0 amide bonds. The zero-order valence-corrected chi connectivity index (χ0v) is 8.45. The smallest absolute Gasteiger partial charge is 0.0528 e. The first-order valence-electron chi connectivity index (χ1n) is 5.30. The largest absolute Gasteiger partial charge is 0.306 e. The molecule has 0 saturated carbocycles. The molecule has 14 heavy (non-hydrogen) atoms. The van der Waals surface area contributed by atoms with E-state index in [4.69, 9.17) is 0 Å². The van der Waals surface area contributed by atoms with Gasteiger partial charge >= 0.3 is 0 Å². The highest BCUT2D eigenvalue weighted by Crippen LogP contribution is 1.99. The summed E-state index contributed by atoms with van der Waals surface area (Å²) in [5.74, 6) is 0. The third-order valence-electron chi connectivity index (χ3n) is 2.51. The Kier molecular flexibility index (Phi) is 3.43. The normalized spacial score (nSPS) is 22.4. The number of rotatable bonds is 3. The molecule has 4 heteroatoms. The molecule has 0 aromatic rings. The van der Waals surface area contributed by atoms with Crippen molar-refractivity contribution in [3.05, 3.63) is 24.6 Å². The van der Waals surface area contributed by atoms with Crippen LogP contribution in [-0.4, -0.2) is 36.2 Å². The monoisotopic (exact) mass is 194 g/mol. The highest BCUT2D eigenvalue weighted by atomic mass is 15.5. The van der Waals surface area contributed by atoms with Crippen LogP contribution in [0.25, 0.3) is 0 Å². The third kappa shape index (κ3) is 2.75. The first-order valence-corrected chi connectivity index (χ1v) is 5.30. The van der Waals surface area contributed by atoms with E-state index in [1.807, 2.05) is 18.4 Å². The van der Waals surface area contributed by atoms with Gasteiger partial charge in [-0.2, -0.15) is 0 Å². The van der Waals surface area contributed by atoms with Crippen LogP contribution >= 0.6 is 0 Å². The zero-order valence-electron chi connectivity index (χ0n) is 8.45. The average Bonchev–Trinajstić information content (AvgIpc) is 2.29. The van der Waals surface area contributed by atoms with Crippen LogP contribution in [0.4, 0.5) is 0 Å². The minimum absolute atomic E-state index is 1.01. The van der Waals surface area contributed by atoms with Crippen LogP contribution < -0.4 is 10.9 Å². The highest BCUT2D eigenvalue weighted by molar-refractivity contribution is 5.04. The fraction of sp³-hybridized carbons (Fsp3) is 0.600. The van der Waals surface area contributed by atoms with E-state index in [1.165, 1.54) is 19.4 Å². The Bertz CT molecular complexity index is 218. The van der Waals surface area contributed by atoms with Crippen molar-refractivity contribution in [2.24, 2.45) is 0 Å². The van der Waals surface area contributed by atoms with Crippen LogP contribution in [0.1, 0.15) is 12.8 Å². The highest BCUT2D eigenvalue weighted by Gasteiger charge is 2.09. The lowest BCUT2D eigenvalue weighted by atomic mass is 10.2. The second-order valence-electron chi connectivity index (χ2n) is 3.63. The molecule has 2 aliphatic rings. The topological polar surface area (TPSA) is 30.5 Å². The van der Waals surface area contributed by atoms with E-state index in [2.05, 4.69) is 27.1 Å². The van der Waals surface area contributed by atoms with Gasteiger partial charge in [0.15, 0.2) is 0 Å². The molecule has 4 nitrogen and oxygen atoms in total.